The van der Waals surface area contributed by atoms with Gasteiger partial charge in [0.15, 0.2) is 0 Å². The van der Waals surface area contributed by atoms with Gasteiger partial charge in [0.1, 0.15) is 0 Å². The van der Waals surface area contributed by atoms with Crippen LogP contribution in [0.25, 0.3) is 0 Å². The highest BCUT2D eigenvalue weighted by Crippen LogP contribution is 2.17. The van der Waals surface area contributed by atoms with E-state index in [-0.39, 0.29) is 0 Å². The second-order valence-electron chi connectivity index (χ2n) is 5.52. The first-order chi connectivity index (χ1) is 9.19. The molecule has 0 bridgehead atoms. The van der Waals surface area contributed by atoms with Gasteiger partial charge in [-0.2, -0.15) is 0 Å². The third kappa shape index (κ3) is 4.55. The van der Waals surface area contributed by atoms with Gasteiger partial charge >= 0.3 is 0 Å². The standard InChI is InChI=1S/C15H24BrN3/c1-3-4-15-11-19(12(2)5-6-18-15)10-13-7-14(16)9-17-8-13/h7-9,12,15,18H,3-6,10-11H2,1-2H3. The molecule has 0 aromatic carbocycles. The molecule has 3 nitrogen and oxygen atoms in total. The van der Waals surface area contributed by atoms with Crippen molar-refractivity contribution >= 4 is 15.9 Å². The minimum absolute atomic E-state index is 0.633. The lowest BCUT2D eigenvalue weighted by Crippen LogP contribution is -2.39. The summed E-state index contributed by atoms with van der Waals surface area (Å²) in [6, 6.07) is 3.44. The van der Waals surface area contributed by atoms with Crippen molar-refractivity contribution in [1.29, 1.82) is 0 Å². The van der Waals surface area contributed by atoms with E-state index in [2.05, 4.69) is 51.0 Å². The second kappa shape index (κ2) is 7.36. The van der Waals surface area contributed by atoms with Gasteiger partial charge in [-0.15, -0.1) is 0 Å². The van der Waals surface area contributed by atoms with Crippen LogP contribution in [0.4, 0.5) is 0 Å². The van der Waals surface area contributed by atoms with Crippen LogP contribution in [0.1, 0.15) is 38.7 Å². The zero-order valence-electron chi connectivity index (χ0n) is 11.9. The first-order valence-corrected chi connectivity index (χ1v) is 8.05. The molecule has 106 valence electrons. The van der Waals surface area contributed by atoms with Crippen LogP contribution in [-0.4, -0.2) is 35.1 Å². The number of nitrogens with one attached hydrogen (secondary N) is 1. The van der Waals surface area contributed by atoms with Crippen LogP contribution in [0.3, 0.4) is 0 Å². The lowest BCUT2D eigenvalue weighted by atomic mass is 10.1. The fraction of sp³-hybridized carbons (Fsp3) is 0.667. The van der Waals surface area contributed by atoms with Crippen molar-refractivity contribution in [2.75, 3.05) is 13.1 Å². The molecule has 1 aromatic heterocycles. The van der Waals surface area contributed by atoms with Gasteiger partial charge in [-0.05, 0) is 53.9 Å². The molecule has 1 aromatic rings. The monoisotopic (exact) mass is 325 g/mol. The molecule has 0 aliphatic carbocycles. The van der Waals surface area contributed by atoms with E-state index < -0.39 is 0 Å². The molecule has 2 heterocycles. The number of nitrogens with zero attached hydrogens (tertiary/aromatic N) is 2. The Bertz CT molecular complexity index is 397. The minimum atomic E-state index is 0.633. The summed E-state index contributed by atoms with van der Waals surface area (Å²) in [7, 11) is 0. The Labute approximate surface area is 124 Å². The first kappa shape index (κ1) is 14.9. The van der Waals surface area contributed by atoms with Gasteiger partial charge in [0.25, 0.3) is 0 Å². The first-order valence-electron chi connectivity index (χ1n) is 7.26. The maximum atomic E-state index is 4.26. The van der Waals surface area contributed by atoms with Crippen LogP contribution in [0.5, 0.6) is 0 Å². The highest BCUT2D eigenvalue weighted by atomic mass is 79.9. The SMILES string of the molecule is CCCC1CN(Cc2cncc(Br)c2)C(C)CCN1. The van der Waals surface area contributed by atoms with Gasteiger partial charge < -0.3 is 5.32 Å². The second-order valence-corrected chi connectivity index (χ2v) is 6.43. The highest BCUT2D eigenvalue weighted by Gasteiger charge is 2.22. The number of rotatable bonds is 4. The number of pyridine rings is 1. The normalized spacial score (nSPS) is 25.2. The van der Waals surface area contributed by atoms with Gasteiger partial charge in [-0.25, -0.2) is 0 Å². The molecule has 0 radical (unpaired) electrons. The molecule has 0 saturated carbocycles. The summed E-state index contributed by atoms with van der Waals surface area (Å²) in [4.78, 5) is 6.85. The van der Waals surface area contributed by atoms with E-state index in [4.69, 9.17) is 0 Å². The maximum absolute atomic E-state index is 4.26. The molecule has 1 N–H and O–H groups in total. The van der Waals surface area contributed by atoms with Crippen molar-refractivity contribution in [2.24, 2.45) is 0 Å². The van der Waals surface area contributed by atoms with Gasteiger partial charge in [-0.3, -0.25) is 9.88 Å². The summed E-state index contributed by atoms with van der Waals surface area (Å²) in [6.45, 7) is 7.87. The van der Waals surface area contributed by atoms with Crippen LogP contribution < -0.4 is 5.32 Å². The molecule has 1 aliphatic rings. The molecule has 1 fully saturated rings. The lowest BCUT2D eigenvalue weighted by molar-refractivity contribution is 0.193. The van der Waals surface area contributed by atoms with Crippen molar-refractivity contribution in [3.63, 3.8) is 0 Å². The van der Waals surface area contributed by atoms with Gasteiger partial charge in [0.2, 0.25) is 0 Å². The quantitative estimate of drug-likeness (QED) is 0.921. The molecule has 1 saturated heterocycles. The Kier molecular flexibility index (Phi) is 5.79. The summed E-state index contributed by atoms with van der Waals surface area (Å²) in [5.41, 5.74) is 1.29. The maximum Gasteiger partial charge on any atom is 0.0410 e. The Morgan fingerprint density at radius 1 is 1.47 bits per heavy atom. The van der Waals surface area contributed by atoms with E-state index in [0.717, 1.165) is 24.1 Å². The summed E-state index contributed by atoms with van der Waals surface area (Å²) in [5, 5.41) is 3.67. The van der Waals surface area contributed by atoms with Crippen LogP contribution >= 0.6 is 15.9 Å². The fourth-order valence-corrected chi connectivity index (χ4v) is 3.16. The van der Waals surface area contributed by atoms with Crippen LogP contribution in [0.15, 0.2) is 22.9 Å². The highest BCUT2D eigenvalue weighted by molar-refractivity contribution is 9.10. The molecule has 4 heteroatoms. The minimum Gasteiger partial charge on any atom is -0.313 e. The van der Waals surface area contributed by atoms with E-state index in [1.807, 2.05) is 12.4 Å². The predicted molar refractivity (Wildman–Crippen MR) is 83.1 cm³/mol. The molecular formula is C15H24BrN3. The van der Waals surface area contributed by atoms with Crippen molar-refractivity contribution in [3.05, 3.63) is 28.5 Å². The van der Waals surface area contributed by atoms with Crippen molar-refractivity contribution in [2.45, 2.75) is 51.7 Å². The summed E-state index contributed by atoms with van der Waals surface area (Å²) >= 11 is 3.50. The van der Waals surface area contributed by atoms with Crippen molar-refractivity contribution in [3.8, 4) is 0 Å². The van der Waals surface area contributed by atoms with E-state index in [9.17, 15) is 0 Å². The third-order valence-corrected chi connectivity index (χ3v) is 4.29. The fourth-order valence-electron chi connectivity index (χ4n) is 2.75. The summed E-state index contributed by atoms with van der Waals surface area (Å²) < 4.78 is 1.07. The van der Waals surface area contributed by atoms with Crippen molar-refractivity contribution < 1.29 is 0 Å². The predicted octanol–water partition coefficient (Wildman–Crippen LogP) is 3.20. The van der Waals surface area contributed by atoms with Crippen LogP contribution in [-0.2, 0) is 6.54 Å². The number of hydrogen-bond donors (Lipinski definition) is 1. The van der Waals surface area contributed by atoms with Crippen molar-refractivity contribution in [1.82, 2.24) is 15.2 Å². The number of halogens is 1. The van der Waals surface area contributed by atoms with E-state index >= 15 is 0 Å². The van der Waals surface area contributed by atoms with E-state index in [1.165, 1.54) is 24.8 Å². The Morgan fingerprint density at radius 2 is 2.32 bits per heavy atom. The smallest absolute Gasteiger partial charge is 0.0410 e. The zero-order chi connectivity index (χ0) is 13.7. The Morgan fingerprint density at radius 3 is 3.05 bits per heavy atom. The van der Waals surface area contributed by atoms with Crippen LogP contribution in [0.2, 0.25) is 0 Å². The van der Waals surface area contributed by atoms with Crippen LogP contribution in [0, 0.1) is 0 Å². The molecule has 0 amide bonds. The number of hydrogen-bond acceptors (Lipinski definition) is 3. The topological polar surface area (TPSA) is 28.2 Å². The van der Waals surface area contributed by atoms with E-state index in [0.29, 0.717) is 12.1 Å². The molecule has 2 atom stereocenters. The summed E-state index contributed by atoms with van der Waals surface area (Å²) in [6.07, 6.45) is 7.56. The van der Waals surface area contributed by atoms with E-state index in [1.54, 1.807) is 0 Å². The Hall–Kier alpha value is -0.450. The van der Waals surface area contributed by atoms with Gasteiger partial charge in [0, 0.05) is 42.0 Å². The summed E-state index contributed by atoms with van der Waals surface area (Å²) in [5.74, 6) is 0. The Balaban J connectivity index is 2.02. The average Bonchev–Trinajstić information content (AvgIpc) is 2.53. The molecular weight excluding hydrogens is 302 g/mol. The molecule has 2 rings (SSSR count). The molecule has 2 unspecified atom stereocenters. The largest absolute Gasteiger partial charge is 0.313 e. The van der Waals surface area contributed by atoms with Gasteiger partial charge in [-0.1, -0.05) is 13.3 Å². The van der Waals surface area contributed by atoms with Gasteiger partial charge in [0.05, 0.1) is 0 Å². The lowest BCUT2D eigenvalue weighted by Gasteiger charge is -2.29. The third-order valence-electron chi connectivity index (χ3n) is 3.86. The number of aromatic nitrogens is 1. The zero-order valence-corrected chi connectivity index (χ0v) is 13.5. The molecule has 19 heavy (non-hydrogen) atoms. The average molecular weight is 326 g/mol. The molecule has 0 spiro atoms. The molecule has 1 aliphatic heterocycles.